The van der Waals surface area contributed by atoms with E-state index in [1.165, 1.54) is 44.6 Å². The average Bonchev–Trinajstić information content (AvgIpc) is 2.40. The van der Waals surface area contributed by atoms with E-state index in [-0.39, 0.29) is 11.9 Å². The smallest absolute Gasteiger partial charge is 0.123 e. The Morgan fingerprint density at radius 3 is 2.78 bits per heavy atom. The summed E-state index contributed by atoms with van der Waals surface area (Å²) in [6.07, 6.45) is 8.30. The molecule has 0 spiro atoms. The van der Waals surface area contributed by atoms with Crippen molar-refractivity contribution in [2.75, 3.05) is 6.54 Å². The molecule has 1 fully saturated rings. The number of hydrogen-bond donors (Lipinski definition) is 1. The van der Waals surface area contributed by atoms with Crippen LogP contribution < -0.4 is 5.32 Å². The van der Waals surface area contributed by atoms with Gasteiger partial charge in [-0.3, -0.25) is 0 Å². The molecule has 0 radical (unpaired) electrons. The van der Waals surface area contributed by atoms with Gasteiger partial charge in [0.05, 0.1) is 0 Å². The molecule has 1 unspecified atom stereocenters. The first-order chi connectivity index (χ1) is 8.75. The van der Waals surface area contributed by atoms with Crippen molar-refractivity contribution < 1.29 is 4.39 Å². The summed E-state index contributed by atoms with van der Waals surface area (Å²) in [6.45, 7) is 3.15. The van der Waals surface area contributed by atoms with Gasteiger partial charge in [0.25, 0.3) is 0 Å². The number of nitrogens with one attached hydrogen (secondary N) is 1. The highest BCUT2D eigenvalue weighted by Crippen LogP contribution is 2.26. The Balaban J connectivity index is 1.72. The molecule has 1 aliphatic rings. The Bertz CT molecular complexity index is 358. The average molecular weight is 249 g/mol. The highest BCUT2D eigenvalue weighted by atomic mass is 19.1. The maximum atomic E-state index is 13.1. The van der Waals surface area contributed by atoms with E-state index in [4.69, 9.17) is 0 Å². The fraction of sp³-hybridized carbons (Fsp3) is 0.625. The summed E-state index contributed by atoms with van der Waals surface area (Å²) in [4.78, 5) is 0. The number of rotatable bonds is 5. The van der Waals surface area contributed by atoms with E-state index >= 15 is 0 Å². The van der Waals surface area contributed by atoms with E-state index < -0.39 is 0 Å². The summed E-state index contributed by atoms with van der Waals surface area (Å²) in [5, 5.41) is 3.51. The molecule has 0 aliphatic heterocycles. The van der Waals surface area contributed by atoms with Crippen LogP contribution >= 0.6 is 0 Å². The lowest BCUT2D eigenvalue weighted by atomic mass is 9.87. The van der Waals surface area contributed by atoms with Gasteiger partial charge in [0.1, 0.15) is 5.82 Å². The van der Waals surface area contributed by atoms with Crippen molar-refractivity contribution in [1.82, 2.24) is 5.32 Å². The van der Waals surface area contributed by atoms with Gasteiger partial charge in [0.15, 0.2) is 0 Å². The fourth-order valence-corrected chi connectivity index (χ4v) is 2.87. The molecule has 0 aromatic heterocycles. The third-order valence-electron chi connectivity index (χ3n) is 4.08. The molecular weight excluding hydrogens is 225 g/mol. The minimum absolute atomic E-state index is 0.145. The van der Waals surface area contributed by atoms with Crippen LogP contribution in [0.25, 0.3) is 0 Å². The van der Waals surface area contributed by atoms with Gasteiger partial charge >= 0.3 is 0 Å². The molecule has 18 heavy (non-hydrogen) atoms. The molecule has 0 bridgehead atoms. The second-order valence-corrected chi connectivity index (χ2v) is 5.52. The zero-order valence-corrected chi connectivity index (χ0v) is 11.3. The zero-order valence-electron chi connectivity index (χ0n) is 11.3. The number of benzene rings is 1. The van der Waals surface area contributed by atoms with Crippen molar-refractivity contribution in [3.8, 4) is 0 Å². The normalized spacial score (nSPS) is 18.8. The minimum atomic E-state index is -0.145. The van der Waals surface area contributed by atoms with Crippen LogP contribution in [0.5, 0.6) is 0 Å². The van der Waals surface area contributed by atoms with E-state index in [0.717, 1.165) is 18.0 Å². The molecule has 2 rings (SSSR count). The number of hydrogen-bond acceptors (Lipinski definition) is 1. The van der Waals surface area contributed by atoms with Gasteiger partial charge in [-0.2, -0.15) is 0 Å². The molecule has 0 amide bonds. The SMILES string of the molecule is CC(NCCC1CCCCC1)c1cccc(F)c1. The summed E-state index contributed by atoms with van der Waals surface area (Å²) in [6, 6.07) is 7.13. The van der Waals surface area contributed by atoms with Gasteiger partial charge in [-0.15, -0.1) is 0 Å². The lowest BCUT2D eigenvalue weighted by Gasteiger charge is -2.22. The zero-order chi connectivity index (χ0) is 12.8. The predicted molar refractivity (Wildman–Crippen MR) is 74.0 cm³/mol. The molecule has 2 heteroatoms. The summed E-state index contributed by atoms with van der Waals surface area (Å²) in [7, 11) is 0. The molecule has 1 aromatic rings. The summed E-state index contributed by atoms with van der Waals surface area (Å²) in [5.74, 6) is 0.763. The molecule has 0 heterocycles. The van der Waals surface area contributed by atoms with Gasteiger partial charge in [-0.05, 0) is 43.5 Å². The summed E-state index contributed by atoms with van der Waals surface area (Å²) < 4.78 is 13.1. The van der Waals surface area contributed by atoms with E-state index in [1.807, 2.05) is 6.07 Å². The van der Waals surface area contributed by atoms with Gasteiger partial charge in [-0.25, -0.2) is 4.39 Å². The summed E-state index contributed by atoms with van der Waals surface area (Å²) >= 11 is 0. The van der Waals surface area contributed by atoms with Crippen LogP contribution in [0.2, 0.25) is 0 Å². The van der Waals surface area contributed by atoms with Crippen LogP contribution in [0, 0.1) is 11.7 Å². The fourth-order valence-electron chi connectivity index (χ4n) is 2.87. The standard InChI is InChI=1S/C16H24FN/c1-13(15-8-5-9-16(17)12-15)18-11-10-14-6-3-2-4-7-14/h5,8-9,12-14,18H,2-4,6-7,10-11H2,1H3. The van der Waals surface area contributed by atoms with E-state index in [9.17, 15) is 4.39 Å². The van der Waals surface area contributed by atoms with Gasteiger partial charge in [0.2, 0.25) is 0 Å². The minimum Gasteiger partial charge on any atom is -0.310 e. The Hall–Kier alpha value is -0.890. The van der Waals surface area contributed by atoms with E-state index in [1.54, 1.807) is 12.1 Å². The molecule has 1 atom stereocenters. The highest BCUT2D eigenvalue weighted by Gasteiger charge is 2.13. The van der Waals surface area contributed by atoms with Crippen molar-refractivity contribution in [3.05, 3.63) is 35.6 Å². The van der Waals surface area contributed by atoms with Crippen LogP contribution in [0.3, 0.4) is 0 Å². The van der Waals surface area contributed by atoms with Crippen molar-refractivity contribution >= 4 is 0 Å². The van der Waals surface area contributed by atoms with Crippen LogP contribution in [-0.2, 0) is 0 Å². The largest absolute Gasteiger partial charge is 0.310 e. The molecule has 1 saturated carbocycles. The highest BCUT2D eigenvalue weighted by molar-refractivity contribution is 5.19. The molecule has 100 valence electrons. The molecular formula is C16H24FN. The molecule has 1 N–H and O–H groups in total. The van der Waals surface area contributed by atoms with Crippen molar-refractivity contribution in [3.63, 3.8) is 0 Å². The second-order valence-electron chi connectivity index (χ2n) is 5.52. The number of halogens is 1. The Morgan fingerprint density at radius 1 is 1.28 bits per heavy atom. The van der Waals surface area contributed by atoms with Crippen LogP contribution in [0.15, 0.2) is 24.3 Å². The third-order valence-corrected chi connectivity index (χ3v) is 4.08. The quantitative estimate of drug-likeness (QED) is 0.813. The van der Waals surface area contributed by atoms with Crippen molar-refractivity contribution in [2.24, 2.45) is 5.92 Å². The molecule has 1 nitrogen and oxygen atoms in total. The van der Waals surface area contributed by atoms with E-state index in [0.29, 0.717) is 0 Å². The topological polar surface area (TPSA) is 12.0 Å². The van der Waals surface area contributed by atoms with Crippen LogP contribution in [0.4, 0.5) is 4.39 Å². The maximum absolute atomic E-state index is 13.1. The van der Waals surface area contributed by atoms with Gasteiger partial charge in [0, 0.05) is 6.04 Å². The molecule has 1 aromatic carbocycles. The third kappa shape index (κ3) is 4.09. The van der Waals surface area contributed by atoms with E-state index in [2.05, 4.69) is 12.2 Å². The van der Waals surface area contributed by atoms with Gasteiger partial charge < -0.3 is 5.32 Å². The van der Waals surface area contributed by atoms with Crippen molar-refractivity contribution in [2.45, 2.75) is 51.5 Å². The first-order valence-corrected chi connectivity index (χ1v) is 7.24. The van der Waals surface area contributed by atoms with Gasteiger partial charge in [-0.1, -0.05) is 44.2 Å². The van der Waals surface area contributed by atoms with Crippen LogP contribution in [-0.4, -0.2) is 6.54 Å². The second kappa shape index (κ2) is 6.89. The maximum Gasteiger partial charge on any atom is 0.123 e. The Labute approximate surface area is 110 Å². The first kappa shape index (κ1) is 13.5. The first-order valence-electron chi connectivity index (χ1n) is 7.24. The Kier molecular flexibility index (Phi) is 5.18. The molecule has 0 saturated heterocycles. The monoisotopic (exact) mass is 249 g/mol. The lowest BCUT2D eigenvalue weighted by Crippen LogP contribution is -2.22. The lowest BCUT2D eigenvalue weighted by molar-refractivity contribution is 0.329. The van der Waals surface area contributed by atoms with Crippen LogP contribution in [0.1, 0.15) is 57.1 Å². The Morgan fingerprint density at radius 2 is 2.06 bits per heavy atom. The predicted octanol–water partition coefficient (Wildman–Crippen LogP) is 4.45. The van der Waals surface area contributed by atoms with Crippen molar-refractivity contribution in [1.29, 1.82) is 0 Å². The summed E-state index contributed by atoms with van der Waals surface area (Å²) in [5.41, 5.74) is 1.04. The molecule has 1 aliphatic carbocycles.